The maximum absolute atomic E-state index is 13.3. The van der Waals surface area contributed by atoms with Gasteiger partial charge in [-0.25, -0.2) is 4.79 Å². The Hall–Kier alpha value is -2.17. The number of fused-ring (bicyclic) bond motifs is 5. The number of carboxylic acids is 1. The van der Waals surface area contributed by atoms with E-state index in [2.05, 4.69) is 20.8 Å². The second kappa shape index (κ2) is 11.0. The largest absolute Gasteiger partial charge is 0.481 e. The van der Waals surface area contributed by atoms with Gasteiger partial charge < -0.3 is 9.84 Å². The molecule has 1 N–H and O–H groups in total. The van der Waals surface area contributed by atoms with Crippen LogP contribution in [0.25, 0.3) is 0 Å². The van der Waals surface area contributed by atoms with E-state index in [1.54, 1.807) is 0 Å². The minimum absolute atomic E-state index is 0.137. The third-order valence-corrected chi connectivity index (χ3v) is 12.2. The molecule has 0 amide bonds. The molecule has 4 aliphatic carbocycles. The topological polar surface area (TPSA) is 80.7 Å². The van der Waals surface area contributed by atoms with Crippen molar-refractivity contribution in [3.63, 3.8) is 0 Å². The molecule has 0 aromatic heterocycles. The Morgan fingerprint density at radius 1 is 1.00 bits per heavy atom. The first-order chi connectivity index (χ1) is 18.5. The number of Topliss-reactive ketones (excluding diaryl/α,β-unsaturated/α-hetero) is 1. The van der Waals surface area contributed by atoms with Crippen molar-refractivity contribution in [3.05, 3.63) is 35.9 Å². The van der Waals surface area contributed by atoms with Crippen molar-refractivity contribution < 1.29 is 24.2 Å². The second-order valence-electron chi connectivity index (χ2n) is 14.2. The zero-order chi connectivity index (χ0) is 27.9. The standard InChI is InChI=1S/C34H48O5/c1-21(9-8-10-22(2)31(36)37)26-13-14-27-30-28(16-18-34(26,27)4)33(3)17-15-25(35)19-24(33)20-29(30)39-32(38)23-11-6-5-7-12-23/h5-7,11-12,21-22,24,26-30H,8-10,13-20H2,1-4H3,(H,36,37)/t21?,22?,24-,26?,27?,28?,29-,30?,33?,34?/m1/s1. The van der Waals surface area contributed by atoms with Gasteiger partial charge in [0.1, 0.15) is 11.9 Å². The van der Waals surface area contributed by atoms with Crippen LogP contribution in [0.4, 0.5) is 0 Å². The molecule has 0 bridgehead atoms. The summed E-state index contributed by atoms with van der Waals surface area (Å²) in [6, 6.07) is 9.35. The van der Waals surface area contributed by atoms with Crippen molar-refractivity contribution in [1.29, 1.82) is 0 Å². The predicted molar refractivity (Wildman–Crippen MR) is 151 cm³/mol. The number of benzene rings is 1. The van der Waals surface area contributed by atoms with Gasteiger partial charge in [-0.2, -0.15) is 0 Å². The van der Waals surface area contributed by atoms with Gasteiger partial charge in [0.2, 0.25) is 0 Å². The maximum atomic E-state index is 13.3. The number of carboxylic acid groups (broad SMARTS) is 1. The van der Waals surface area contributed by atoms with Crippen molar-refractivity contribution in [3.8, 4) is 0 Å². The van der Waals surface area contributed by atoms with Gasteiger partial charge in [0.05, 0.1) is 11.5 Å². The molecule has 39 heavy (non-hydrogen) atoms. The lowest BCUT2D eigenvalue weighted by molar-refractivity contribution is -0.170. The Morgan fingerprint density at radius 3 is 2.44 bits per heavy atom. The third kappa shape index (κ3) is 5.20. The summed E-state index contributed by atoms with van der Waals surface area (Å²) in [5, 5.41) is 9.29. The minimum atomic E-state index is -0.696. The summed E-state index contributed by atoms with van der Waals surface area (Å²) in [5.74, 6) is 1.99. The van der Waals surface area contributed by atoms with Crippen LogP contribution >= 0.6 is 0 Å². The number of ether oxygens (including phenoxy) is 1. The lowest BCUT2D eigenvalue weighted by atomic mass is 9.43. The first kappa shape index (κ1) is 28.4. The molecule has 214 valence electrons. The van der Waals surface area contributed by atoms with Crippen molar-refractivity contribution in [1.82, 2.24) is 0 Å². The molecule has 4 fully saturated rings. The molecule has 4 saturated carbocycles. The lowest BCUT2D eigenvalue weighted by Gasteiger charge is -2.62. The molecular weight excluding hydrogens is 488 g/mol. The fraction of sp³-hybridized carbons (Fsp3) is 0.735. The number of hydrogen-bond donors (Lipinski definition) is 1. The number of carbonyl (C=O) groups is 3. The average Bonchev–Trinajstić information content (AvgIpc) is 3.27. The van der Waals surface area contributed by atoms with E-state index in [-0.39, 0.29) is 28.8 Å². The van der Waals surface area contributed by atoms with Crippen molar-refractivity contribution in [2.45, 2.75) is 104 Å². The Morgan fingerprint density at radius 2 is 1.72 bits per heavy atom. The van der Waals surface area contributed by atoms with Crippen LogP contribution in [0, 0.1) is 52.3 Å². The Balaban J connectivity index is 1.38. The molecule has 5 rings (SSSR count). The van der Waals surface area contributed by atoms with Crippen LogP contribution < -0.4 is 0 Å². The van der Waals surface area contributed by atoms with E-state index < -0.39 is 5.97 Å². The zero-order valence-electron chi connectivity index (χ0n) is 24.4. The Labute approximate surface area is 234 Å². The fourth-order valence-electron chi connectivity index (χ4n) is 9.94. The van der Waals surface area contributed by atoms with Crippen molar-refractivity contribution in [2.24, 2.45) is 52.3 Å². The number of aliphatic carboxylic acids is 1. The number of hydrogen-bond acceptors (Lipinski definition) is 4. The summed E-state index contributed by atoms with van der Waals surface area (Å²) in [7, 11) is 0. The summed E-state index contributed by atoms with van der Waals surface area (Å²) in [6.45, 7) is 9.15. The molecular formula is C34H48O5. The summed E-state index contributed by atoms with van der Waals surface area (Å²) < 4.78 is 6.43. The quantitative estimate of drug-likeness (QED) is 0.346. The number of ketones is 1. The third-order valence-electron chi connectivity index (χ3n) is 12.2. The molecule has 4 aliphatic rings. The normalized spacial score (nSPS) is 39.1. The summed E-state index contributed by atoms with van der Waals surface area (Å²) in [5.41, 5.74) is 0.963. The van der Waals surface area contributed by atoms with E-state index in [0.717, 1.165) is 38.5 Å². The molecule has 8 unspecified atom stereocenters. The molecule has 0 aliphatic heterocycles. The number of rotatable bonds is 8. The highest BCUT2D eigenvalue weighted by Gasteiger charge is 2.63. The molecule has 1 aromatic carbocycles. The zero-order valence-corrected chi connectivity index (χ0v) is 24.4. The van der Waals surface area contributed by atoms with Crippen LogP contribution in [0.5, 0.6) is 0 Å². The first-order valence-corrected chi connectivity index (χ1v) is 15.5. The maximum Gasteiger partial charge on any atom is 0.338 e. The highest BCUT2D eigenvalue weighted by atomic mass is 16.5. The van der Waals surface area contributed by atoms with Crippen LogP contribution in [0.3, 0.4) is 0 Å². The van der Waals surface area contributed by atoms with Gasteiger partial charge in [-0.15, -0.1) is 0 Å². The minimum Gasteiger partial charge on any atom is -0.481 e. The fourth-order valence-corrected chi connectivity index (χ4v) is 9.94. The van der Waals surface area contributed by atoms with Gasteiger partial charge in [-0.3, -0.25) is 9.59 Å². The SMILES string of the molecule is CC(CCCC(C)C1CCC2C3C(CCC12C)C1(C)CCC(=O)C[C@@H]1C[C@H]3OC(=O)c1ccccc1)C(=O)O. The molecule has 5 nitrogen and oxygen atoms in total. The van der Waals surface area contributed by atoms with E-state index in [1.165, 1.54) is 19.3 Å². The summed E-state index contributed by atoms with van der Waals surface area (Å²) in [6.07, 6.45) is 10.5. The Kier molecular flexibility index (Phi) is 8.01. The van der Waals surface area contributed by atoms with Crippen LogP contribution in [0.1, 0.15) is 109 Å². The summed E-state index contributed by atoms with van der Waals surface area (Å²) in [4.78, 5) is 37.2. The van der Waals surface area contributed by atoms with Gasteiger partial charge >= 0.3 is 11.9 Å². The predicted octanol–water partition coefficient (Wildman–Crippen LogP) is 7.58. The van der Waals surface area contributed by atoms with Crippen LogP contribution in [-0.4, -0.2) is 28.9 Å². The van der Waals surface area contributed by atoms with Gasteiger partial charge in [0, 0.05) is 18.8 Å². The Bertz CT molecular complexity index is 1070. The van der Waals surface area contributed by atoms with Crippen LogP contribution in [-0.2, 0) is 14.3 Å². The van der Waals surface area contributed by atoms with Gasteiger partial charge in [0.25, 0.3) is 0 Å². The van der Waals surface area contributed by atoms with E-state index in [1.807, 2.05) is 37.3 Å². The van der Waals surface area contributed by atoms with Crippen LogP contribution in [0.15, 0.2) is 30.3 Å². The molecule has 0 heterocycles. The monoisotopic (exact) mass is 536 g/mol. The van der Waals surface area contributed by atoms with Crippen LogP contribution in [0.2, 0.25) is 0 Å². The molecule has 0 spiro atoms. The molecule has 1 aromatic rings. The van der Waals surface area contributed by atoms with E-state index in [4.69, 9.17) is 4.74 Å². The van der Waals surface area contributed by atoms with Gasteiger partial charge in [0.15, 0.2) is 0 Å². The highest BCUT2D eigenvalue weighted by Crippen LogP contribution is 2.68. The van der Waals surface area contributed by atoms with E-state index >= 15 is 0 Å². The van der Waals surface area contributed by atoms with E-state index in [9.17, 15) is 19.5 Å². The molecule has 5 heteroatoms. The van der Waals surface area contributed by atoms with Crippen molar-refractivity contribution in [2.75, 3.05) is 0 Å². The number of carbonyl (C=O) groups excluding carboxylic acids is 2. The number of esters is 1. The van der Waals surface area contributed by atoms with Crippen molar-refractivity contribution >= 4 is 17.7 Å². The lowest BCUT2D eigenvalue weighted by Crippen LogP contribution is -2.59. The molecule has 10 atom stereocenters. The molecule has 0 radical (unpaired) electrons. The average molecular weight is 537 g/mol. The molecule has 0 saturated heterocycles. The first-order valence-electron chi connectivity index (χ1n) is 15.5. The second-order valence-corrected chi connectivity index (χ2v) is 14.2. The summed E-state index contributed by atoms with van der Waals surface area (Å²) >= 11 is 0. The van der Waals surface area contributed by atoms with Gasteiger partial charge in [-0.1, -0.05) is 58.7 Å². The smallest absolute Gasteiger partial charge is 0.338 e. The van der Waals surface area contributed by atoms with E-state index in [0.29, 0.717) is 59.7 Å². The van der Waals surface area contributed by atoms with Gasteiger partial charge in [-0.05, 0) is 97.5 Å². The highest BCUT2D eigenvalue weighted by molar-refractivity contribution is 5.89.